The van der Waals surface area contributed by atoms with Gasteiger partial charge in [-0.3, -0.25) is 0 Å². The third-order valence-electron chi connectivity index (χ3n) is 3.36. The third-order valence-corrected chi connectivity index (χ3v) is 3.36. The van der Waals surface area contributed by atoms with Crippen LogP contribution in [-0.4, -0.2) is 44.6 Å². The Morgan fingerprint density at radius 2 is 2.20 bits per heavy atom. The Kier molecular flexibility index (Phi) is 3.46. The SMILES string of the molecule is CCC(C)(C(O)c1cnnn1C)N(C)C. The summed E-state index contributed by atoms with van der Waals surface area (Å²) in [5.74, 6) is 0. The number of aliphatic hydroxyl groups is 1. The lowest BCUT2D eigenvalue weighted by Gasteiger charge is -2.39. The minimum atomic E-state index is -0.586. The zero-order valence-electron chi connectivity index (χ0n) is 10.1. The number of hydrogen-bond acceptors (Lipinski definition) is 4. The monoisotopic (exact) mass is 212 g/mol. The molecule has 0 aromatic carbocycles. The van der Waals surface area contributed by atoms with Crippen molar-refractivity contribution < 1.29 is 5.11 Å². The molecular formula is C10H20N4O. The van der Waals surface area contributed by atoms with E-state index in [1.54, 1.807) is 17.9 Å². The summed E-state index contributed by atoms with van der Waals surface area (Å²) in [7, 11) is 5.73. The van der Waals surface area contributed by atoms with E-state index in [0.29, 0.717) is 0 Å². The maximum atomic E-state index is 10.3. The van der Waals surface area contributed by atoms with Gasteiger partial charge in [-0.2, -0.15) is 0 Å². The Bertz CT molecular complexity index is 323. The fraction of sp³-hybridized carbons (Fsp3) is 0.800. The highest BCUT2D eigenvalue weighted by Gasteiger charge is 2.36. The summed E-state index contributed by atoms with van der Waals surface area (Å²) in [5.41, 5.74) is 0.447. The minimum Gasteiger partial charge on any atom is -0.385 e. The fourth-order valence-electron chi connectivity index (χ4n) is 1.62. The van der Waals surface area contributed by atoms with Crippen LogP contribution in [0.5, 0.6) is 0 Å². The van der Waals surface area contributed by atoms with Gasteiger partial charge >= 0.3 is 0 Å². The number of hydrogen-bond donors (Lipinski definition) is 1. The van der Waals surface area contributed by atoms with E-state index in [1.807, 2.05) is 25.9 Å². The molecule has 0 spiro atoms. The first kappa shape index (κ1) is 12.1. The van der Waals surface area contributed by atoms with Gasteiger partial charge in [-0.1, -0.05) is 12.1 Å². The second-order valence-corrected chi connectivity index (χ2v) is 4.29. The summed E-state index contributed by atoms with van der Waals surface area (Å²) in [6.45, 7) is 4.09. The molecule has 1 heterocycles. The van der Waals surface area contributed by atoms with Gasteiger partial charge in [-0.05, 0) is 27.4 Å². The Morgan fingerprint density at radius 1 is 1.60 bits per heavy atom. The van der Waals surface area contributed by atoms with Crippen LogP contribution < -0.4 is 0 Å². The van der Waals surface area contributed by atoms with Crippen molar-refractivity contribution in [3.8, 4) is 0 Å². The molecule has 1 aromatic rings. The lowest BCUT2D eigenvalue weighted by Crippen LogP contribution is -2.46. The summed E-state index contributed by atoms with van der Waals surface area (Å²) in [5, 5.41) is 18.0. The predicted octanol–water partition coefficient (Wildman–Crippen LogP) is 0.579. The topological polar surface area (TPSA) is 54.2 Å². The number of aliphatic hydroxyl groups excluding tert-OH is 1. The Balaban J connectivity index is 3.02. The van der Waals surface area contributed by atoms with Crippen LogP contribution in [0.4, 0.5) is 0 Å². The zero-order valence-corrected chi connectivity index (χ0v) is 10.1. The second kappa shape index (κ2) is 4.28. The van der Waals surface area contributed by atoms with Gasteiger partial charge in [0.1, 0.15) is 6.10 Å². The molecule has 2 atom stereocenters. The smallest absolute Gasteiger partial charge is 0.115 e. The molecule has 0 bridgehead atoms. The highest BCUT2D eigenvalue weighted by atomic mass is 16.3. The van der Waals surface area contributed by atoms with E-state index in [1.165, 1.54) is 0 Å². The van der Waals surface area contributed by atoms with Crippen LogP contribution >= 0.6 is 0 Å². The van der Waals surface area contributed by atoms with E-state index < -0.39 is 6.10 Å². The Labute approximate surface area is 90.7 Å². The Hall–Kier alpha value is -0.940. The van der Waals surface area contributed by atoms with Gasteiger partial charge in [0.2, 0.25) is 0 Å². The van der Waals surface area contributed by atoms with Crippen molar-refractivity contribution in [1.29, 1.82) is 0 Å². The fourth-order valence-corrected chi connectivity index (χ4v) is 1.62. The molecule has 0 saturated carbocycles. The molecule has 1 aromatic heterocycles. The number of nitrogens with zero attached hydrogens (tertiary/aromatic N) is 4. The normalized spacial score (nSPS) is 17.8. The van der Waals surface area contributed by atoms with Crippen molar-refractivity contribution in [1.82, 2.24) is 19.9 Å². The molecule has 86 valence electrons. The molecule has 5 nitrogen and oxygen atoms in total. The first-order valence-electron chi connectivity index (χ1n) is 5.13. The van der Waals surface area contributed by atoms with Crippen molar-refractivity contribution in [2.24, 2.45) is 7.05 Å². The quantitative estimate of drug-likeness (QED) is 0.793. The maximum Gasteiger partial charge on any atom is 0.115 e. The number of aryl methyl sites for hydroxylation is 1. The summed E-state index contributed by atoms with van der Waals surface area (Å²) < 4.78 is 1.61. The van der Waals surface area contributed by atoms with E-state index >= 15 is 0 Å². The molecule has 1 N–H and O–H groups in total. The molecule has 0 aliphatic rings. The lowest BCUT2D eigenvalue weighted by molar-refractivity contribution is -0.00389. The largest absolute Gasteiger partial charge is 0.385 e. The molecule has 0 aliphatic heterocycles. The molecule has 15 heavy (non-hydrogen) atoms. The molecule has 1 rings (SSSR count). The lowest BCUT2D eigenvalue weighted by atomic mass is 9.88. The summed E-state index contributed by atoms with van der Waals surface area (Å²) in [4.78, 5) is 2.03. The molecule has 0 radical (unpaired) electrons. The van der Waals surface area contributed by atoms with Crippen molar-refractivity contribution in [2.75, 3.05) is 14.1 Å². The molecule has 0 saturated heterocycles. The van der Waals surface area contributed by atoms with E-state index in [9.17, 15) is 5.11 Å². The highest BCUT2D eigenvalue weighted by Crippen LogP contribution is 2.31. The number of aromatic nitrogens is 3. The van der Waals surface area contributed by atoms with Gasteiger partial charge in [-0.15, -0.1) is 5.10 Å². The number of rotatable bonds is 4. The average Bonchev–Trinajstić information content (AvgIpc) is 2.61. The second-order valence-electron chi connectivity index (χ2n) is 4.29. The molecular weight excluding hydrogens is 192 g/mol. The first-order valence-corrected chi connectivity index (χ1v) is 5.13. The summed E-state index contributed by atoms with van der Waals surface area (Å²) in [6, 6.07) is 0. The van der Waals surface area contributed by atoms with Crippen molar-refractivity contribution in [2.45, 2.75) is 31.9 Å². The van der Waals surface area contributed by atoms with Crippen LogP contribution in [0.1, 0.15) is 32.1 Å². The number of likely N-dealkylation sites (N-methyl/N-ethyl adjacent to an activating group) is 1. The van der Waals surface area contributed by atoms with Crippen molar-refractivity contribution >= 4 is 0 Å². The van der Waals surface area contributed by atoms with Gasteiger partial charge in [0.25, 0.3) is 0 Å². The van der Waals surface area contributed by atoms with Crippen LogP contribution in [0.15, 0.2) is 6.20 Å². The molecule has 0 aliphatic carbocycles. The van der Waals surface area contributed by atoms with Gasteiger partial charge in [0.05, 0.1) is 11.9 Å². The van der Waals surface area contributed by atoms with Gasteiger partial charge < -0.3 is 10.0 Å². The van der Waals surface area contributed by atoms with Crippen molar-refractivity contribution in [3.05, 3.63) is 11.9 Å². The first-order chi connectivity index (χ1) is 6.93. The molecule has 0 fully saturated rings. The maximum absolute atomic E-state index is 10.3. The van der Waals surface area contributed by atoms with Crippen LogP contribution in [0.25, 0.3) is 0 Å². The van der Waals surface area contributed by atoms with Gasteiger partial charge in [0, 0.05) is 12.6 Å². The Morgan fingerprint density at radius 3 is 2.53 bits per heavy atom. The third kappa shape index (κ3) is 2.03. The standard InChI is InChI=1S/C10H20N4O/c1-6-10(2,13(3)4)9(15)8-7-11-12-14(8)5/h7,9,15H,6H2,1-5H3. The molecule has 2 unspecified atom stereocenters. The molecule has 0 amide bonds. The van der Waals surface area contributed by atoms with Crippen molar-refractivity contribution in [3.63, 3.8) is 0 Å². The van der Waals surface area contributed by atoms with Gasteiger partial charge in [0.15, 0.2) is 0 Å². The van der Waals surface area contributed by atoms with E-state index in [0.717, 1.165) is 12.1 Å². The summed E-state index contributed by atoms with van der Waals surface area (Å²) >= 11 is 0. The minimum absolute atomic E-state index is 0.296. The predicted molar refractivity (Wildman–Crippen MR) is 58.3 cm³/mol. The molecule has 5 heteroatoms. The van der Waals surface area contributed by atoms with Crippen LogP contribution in [0.3, 0.4) is 0 Å². The highest BCUT2D eigenvalue weighted by molar-refractivity contribution is 5.07. The van der Waals surface area contributed by atoms with Crippen LogP contribution in [0, 0.1) is 0 Å². The van der Waals surface area contributed by atoms with Crippen LogP contribution in [0.2, 0.25) is 0 Å². The van der Waals surface area contributed by atoms with E-state index in [2.05, 4.69) is 17.2 Å². The van der Waals surface area contributed by atoms with E-state index in [-0.39, 0.29) is 5.54 Å². The summed E-state index contributed by atoms with van der Waals surface area (Å²) in [6.07, 6.45) is 1.88. The van der Waals surface area contributed by atoms with Gasteiger partial charge in [-0.25, -0.2) is 4.68 Å². The zero-order chi connectivity index (χ0) is 11.6. The average molecular weight is 212 g/mol. The van der Waals surface area contributed by atoms with E-state index in [4.69, 9.17) is 0 Å². The van der Waals surface area contributed by atoms with Crippen LogP contribution in [-0.2, 0) is 7.05 Å².